The molecular weight excluding hydrogens is 316 g/mol. The van der Waals surface area contributed by atoms with Crippen molar-refractivity contribution in [1.29, 1.82) is 0 Å². The molecule has 5 nitrogen and oxygen atoms in total. The van der Waals surface area contributed by atoms with Gasteiger partial charge in [0, 0.05) is 18.8 Å². The maximum atomic E-state index is 13.1. The first kappa shape index (κ1) is 17.4. The number of aryl methyl sites for hydroxylation is 1. The molecule has 0 aliphatic heterocycles. The Labute approximate surface area is 147 Å². The fourth-order valence-electron chi connectivity index (χ4n) is 3.52. The molecule has 0 bridgehead atoms. The molecule has 1 aliphatic rings. The number of amides is 1. The lowest BCUT2D eigenvalue weighted by Crippen LogP contribution is -2.44. The van der Waals surface area contributed by atoms with Crippen LogP contribution in [0.5, 0.6) is 0 Å². The molecule has 1 heterocycles. The molecule has 0 saturated heterocycles. The van der Waals surface area contributed by atoms with Gasteiger partial charge in [0.05, 0.1) is 17.7 Å². The molecule has 132 valence electrons. The van der Waals surface area contributed by atoms with Crippen molar-refractivity contribution >= 4 is 5.91 Å². The van der Waals surface area contributed by atoms with E-state index in [-0.39, 0.29) is 11.5 Å². The molecule has 1 aliphatic carbocycles. The smallest absolute Gasteiger partial charge is 0.256 e. The van der Waals surface area contributed by atoms with Gasteiger partial charge in [-0.05, 0) is 30.9 Å². The molecule has 5 heteroatoms. The number of hydrogen-bond acceptors (Lipinski definition) is 3. The second-order valence-electron chi connectivity index (χ2n) is 6.97. The predicted octanol–water partition coefficient (Wildman–Crippen LogP) is 2.63. The van der Waals surface area contributed by atoms with Crippen molar-refractivity contribution in [2.45, 2.75) is 44.8 Å². The minimum absolute atomic E-state index is 0.169. The molecule has 2 N–H and O–H groups in total. The maximum absolute atomic E-state index is 13.1. The van der Waals surface area contributed by atoms with E-state index in [1.54, 1.807) is 11.8 Å². The molecule has 0 radical (unpaired) electrons. The van der Waals surface area contributed by atoms with E-state index in [1.807, 2.05) is 30.3 Å². The van der Waals surface area contributed by atoms with Crippen molar-refractivity contribution in [2.75, 3.05) is 6.54 Å². The number of benzene rings is 1. The molecule has 0 atom stereocenters. The largest absolute Gasteiger partial charge is 0.388 e. The van der Waals surface area contributed by atoms with Crippen LogP contribution >= 0.6 is 0 Å². The summed E-state index contributed by atoms with van der Waals surface area (Å²) in [6.07, 6.45) is 4.88. The molecule has 25 heavy (non-hydrogen) atoms. The number of aromatic nitrogens is 1. The van der Waals surface area contributed by atoms with Crippen molar-refractivity contribution in [3.63, 3.8) is 0 Å². The van der Waals surface area contributed by atoms with E-state index in [4.69, 9.17) is 0 Å². The van der Waals surface area contributed by atoms with Crippen LogP contribution in [0.2, 0.25) is 0 Å². The van der Waals surface area contributed by atoms with Gasteiger partial charge in [0.15, 0.2) is 0 Å². The van der Waals surface area contributed by atoms with Gasteiger partial charge in [-0.1, -0.05) is 43.2 Å². The van der Waals surface area contributed by atoms with E-state index in [9.17, 15) is 14.7 Å². The Kier molecular flexibility index (Phi) is 5.04. The topological polar surface area (TPSA) is 73.4 Å². The van der Waals surface area contributed by atoms with Gasteiger partial charge in [0.25, 0.3) is 5.91 Å². The number of nitrogens with one attached hydrogen (secondary N) is 1. The van der Waals surface area contributed by atoms with Crippen molar-refractivity contribution in [3.05, 3.63) is 69.6 Å². The van der Waals surface area contributed by atoms with Gasteiger partial charge in [-0.2, -0.15) is 0 Å². The van der Waals surface area contributed by atoms with Crippen LogP contribution in [0.3, 0.4) is 0 Å². The number of hydrogen-bond donors (Lipinski definition) is 2. The average Bonchev–Trinajstić information content (AvgIpc) is 3.01. The van der Waals surface area contributed by atoms with Crippen LogP contribution in [0.25, 0.3) is 0 Å². The zero-order valence-corrected chi connectivity index (χ0v) is 14.5. The highest BCUT2D eigenvalue weighted by Gasteiger charge is 2.35. The van der Waals surface area contributed by atoms with Crippen LogP contribution in [-0.2, 0) is 6.54 Å². The highest BCUT2D eigenvalue weighted by Crippen LogP contribution is 2.31. The Morgan fingerprint density at radius 1 is 1.24 bits per heavy atom. The van der Waals surface area contributed by atoms with Crippen LogP contribution in [0.15, 0.2) is 47.4 Å². The van der Waals surface area contributed by atoms with Crippen LogP contribution in [0, 0.1) is 6.92 Å². The summed E-state index contributed by atoms with van der Waals surface area (Å²) in [7, 11) is 0. The van der Waals surface area contributed by atoms with E-state index < -0.39 is 5.60 Å². The van der Waals surface area contributed by atoms with Crippen molar-refractivity contribution < 1.29 is 9.90 Å². The number of carbonyl (C=O) groups excluding carboxylic acids is 1. The lowest BCUT2D eigenvalue weighted by Gasteiger charge is -2.32. The molecule has 1 fully saturated rings. The predicted molar refractivity (Wildman–Crippen MR) is 96.4 cm³/mol. The molecule has 0 unspecified atom stereocenters. The number of carbonyl (C=O) groups is 1. The summed E-state index contributed by atoms with van der Waals surface area (Å²) in [6.45, 7) is 2.49. The first-order chi connectivity index (χ1) is 12.0. The average molecular weight is 340 g/mol. The van der Waals surface area contributed by atoms with Crippen molar-refractivity contribution in [2.24, 2.45) is 0 Å². The molecule has 1 aromatic heterocycles. The van der Waals surface area contributed by atoms with Gasteiger partial charge in [0.1, 0.15) is 0 Å². The Bertz CT molecular complexity index is 792. The quantitative estimate of drug-likeness (QED) is 0.879. The summed E-state index contributed by atoms with van der Waals surface area (Å²) in [5.74, 6) is -0.169. The third-order valence-electron chi connectivity index (χ3n) is 4.88. The van der Waals surface area contributed by atoms with E-state index in [1.165, 1.54) is 12.3 Å². The summed E-state index contributed by atoms with van der Waals surface area (Å²) in [4.78, 5) is 28.8. The summed E-state index contributed by atoms with van der Waals surface area (Å²) >= 11 is 0. The SMILES string of the molecule is Cc1cc(=O)[nH]cc1C(=O)N(Cc1ccccc1)CC1(O)CCCC1. The molecule has 2 aromatic rings. The van der Waals surface area contributed by atoms with Gasteiger partial charge in [-0.25, -0.2) is 0 Å². The second-order valence-corrected chi connectivity index (χ2v) is 6.97. The van der Waals surface area contributed by atoms with Gasteiger partial charge in [-0.3, -0.25) is 9.59 Å². The van der Waals surface area contributed by atoms with Gasteiger partial charge in [0.2, 0.25) is 5.56 Å². The Morgan fingerprint density at radius 3 is 2.56 bits per heavy atom. The Balaban J connectivity index is 1.89. The van der Waals surface area contributed by atoms with E-state index >= 15 is 0 Å². The number of pyridine rings is 1. The third kappa shape index (κ3) is 4.17. The molecule has 1 aromatic carbocycles. The molecule has 0 spiro atoms. The number of rotatable bonds is 5. The molecular formula is C20H24N2O3. The number of aliphatic hydroxyl groups is 1. The van der Waals surface area contributed by atoms with Crippen molar-refractivity contribution in [1.82, 2.24) is 9.88 Å². The van der Waals surface area contributed by atoms with Crippen molar-refractivity contribution in [3.8, 4) is 0 Å². The molecule has 1 amide bonds. The van der Waals surface area contributed by atoms with Crippen LogP contribution in [0.4, 0.5) is 0 Å². The minimum Gasteiger partial charge on any atom is -0.388 e. The normalized spacial score (nSPS) is 15.9. The zero-order valence-electron chi connectivity index (χ0n) is 14.5. The van der Waals surface area contributed by atoms with Gasteiger partial charge < -0.3 is 15.0 Å². The van der Waals surface area contributed by atoms with E-state index in [2.05, 4.69) is 4.98 Å². The minimum atomic E-state index is -0.819. The van der Waals surface area contributed by atoms with E-state index in [0.29, 0.717) is 24.2 Å². The summed E-state index contributed by atoms with van der Waals surface area (Å²) in [5, 5.41) is 10.8. The highest BCUT2D eigenvalue weighted by molar-refractivity contribution is 5.95. The first-order valence-corrected chi connectivity index (χ1v) is 8.72. The molecule has 3 rings (SSSR count). The lowest BCUT2D eigenvalue weighted by molar-refractivity contribution is 0.00781. The highest BCUT2D eigenvalue weighted by atomic mass is 16.3. The summed E-state index contributed by atoms with van der Waals surface area (Å²) in [5.41, 5.74) is 1.08. The number of nitrogens with zero attached hydrogens (tertiary/aromatic N) is 1. The van der Waals surface area contributed by atoms with Crippen LogP contribution in [-0.4, -0.2) is 33.0 Å². The van der Waals surface area contributed by atoms with Gasteiger partial charge in [-0.15, -0.1) is 0 Å². The summed E-state index contributed by atoms with van der Waals surface area (Å²) in [6, 6.07) is 11.2. The first-order valence-electron chi connectivity index (χ1n) is 8.72. The molecule has 1 saturated carbocycles. The second kappa shape index (κ2) is 7.23. The standard InChI is InChI=1S/C20H24N2O3/c1-15-11-18(23)21-12-17(15)19(24)22(13-16-7-3-2-4-8-16)14-20(25)9-5-6-10-20/h2-4,7-8,11-12,25H,5-6,9-10,13-14H2,1H3,(H,21,23). The Hall–Kier alpha value is -2.40. The fraction of sp³-hybridized carbons (Fsp3) is 0.400. The monoisotopic (exact) mass is 340 g/mol. The number of H-pyrrole nitrogens is 1. The summed E-state index contributed by atoms with van der Waals surface area (Å²) < 4.78 is 0. The Morgan fingerprint density at radius 2 is 1.92 bits per heavy atom. The van der Waals surface area contributed by atoms with Crippen LogP contribution in [0.1, 0.15) is 47.2 Å². The third-order valence-corrected chi connectivity index (χ3v) is 4.88. The fourth-order valence-corrected chi connectivity index (χ4v) is 3.52. The van der Waals surface area contributed by atoms with Gasteiger partial charge >= 0.3 is 0 Å². The van der Waals surface area contributed by atoms with E-state index in [0.717, 1.165) is 31.2 Å². The lowest BCUT2D eigenvalue weighted by atomic mass is 10.0. The zero-order chi connectivity index (χ0) is 17.9. The number of aromatic amines is 1. The van der Waals surface area contributed by atoms with Crippen LogP contribution < -0.4 is 5.56 Å². The maximum Gasteiger partial charge on any atom is 0.256 e.